The van der Waals surface area contributed by atoms with Crippen molar-refractivity contribution in [3.8, 4) is 5.82 Å². The number of aromatic nitrogens is 4. The van der Waals surface area contributed by atoms with Gasteiger partial charge in [-0.1, -0.05) is 24.3 Å². The lowest BCUT2D eigenvalue weighted by molar-refractivity contribution is 0.778. The van der Waals surface area contributed by atoms with Crippen molar-refractivity contribution in [3.05, 3.63) is 54.9 Å². The zero-order chi connectivity index (χ0) is 12.8. The molecule has 0 spiro atoms. The van der Waals surface area contributed by atoms with Crippen molar-refractivity contribution in [1.82, 2.24) is 19.3 Å². The summed E-state index contributed by atoms with van der Waals surface area (Å²) in [6.45, 7) is 0. The molecule has 2 aromatic heterocycles. The molecule has 0 N–H and O–H groups in total. The molecule has 0 atom stereocenters. The normalized spacial score (nSPS) is 11.4. The van der Waals surface area contributed by atoms with Crippen molar-refractivity contribution in [2.75, 3.05) is 0 Å². The highest BCUT2D eigenvalue weighted by atomic mass is 15.3. The van der Waals surface area contributed by atoms with Gasteiger partial charge in [-0.3, -0.25) is 9.25 Å². The number of aryl methyl sites for hydroxylation is 1. The number of hydrogen-bond donors (Lipinski definition) is 0. The lowest BCUT2D eigenvalue weighted by Gasteiger charge is -1.99. The smallest absolute Gasteiger partial charge is 0.168 e. The van der Waals surface area contributed by atoms with E-state index in [4.69, 9.17) is 0 Å². The minimum Gasteiger partial charge on any atom is -0.281 e. The van der Waals surface area contributed by atoms with Crippen LogP contribution in [-0.2, 0) is 7.05 Å². The molecule has 19 heavy (non-hydrogen) atoms. The van der Waals surface area contributed by atoms with Crippen LogP contribution in [0.4, 0.5) is 0 Å². The summed E-state index contributed by atoms with van der Waals surface area (Å²) in [7, 11) is 1.96. The third kappa shape index (κ3) is 1.40. The van der Waals surface area contributed by atoms with Crippen molar-refractivity contribution >= 4 is 21.9 Å². The average Bonchev–Trinajstić information content (AvgIpc) is 3.01. The fourth-order valence-electron chi connectivity index (χ4n) is 2.50. The second-order valence-corrected chi connectivity index (χ2v) is 4.57. The molecule has 92 valence electrons. The van der Waals surface area contributed by atoms with Crippen LogP contribution in [-0.4, -0.2) is 19.3 Å². The van der Waals surface area contributed by atoms with Gasteiger partial charge < -0.3 is 0 Å². The maximum absolute atomic E-state index is 4.62. The molecular weight excluding hydrogens is 236 g/mol. The monoisotopic (exact) mass is 248 g/mol. The Labute approximate surface area is 109 Å². The molecule has 4 rings (SSSR count). The van der Waals surface area contributed by atoms with E-state index in [1.165, 1.54) is 0 Å². The minimum atomic E-state index is 0.923. The van der Waals surface area contributed by atoms with Crippen LogP contribution >= 0.6 is 0 Å². The molecule has 4 aromatic rings. The molecule has 4 heteroatoms. The van der Waals surface area contributed by atoms with E-state index in [1.54, 1.807) is 0 Å². The Bertz CT molecular complexity index is 885. The van der Waals surface area contributed by atoms with Crippen LogP contribution < -0.4 is 0 Å². The summed E-state index contributed by atoms with van der Waals surface area (Å²) in [5.74, 6) is 0.923. The first-order valence-electron chi connectivity index (χ1n) is 6.19. The van der Waals surface area contributed by atoms with Crippen LogP contribution in [0.2, 0.25) is 0 Å². The molecular formula is C15H12N4. The molecule has 4 nitrogen and oxygen atoms in total. The van der Waals surface area contributed by atoms with Gasteiger partial charge in [0.25, 0.3) is 0 Å². The fourth-order valence-corrected chi connectivity index (χ4v) is 2.50. The summed E-state index contributed by atoms with van der Waals surface area (Å²) in [4.78, 5) is 4.42. The molecule has 0 saturated heterocycles. The molecule has 2 heterocycles. The molecule has 0 saturated carbocycles. The third-order valence-corrected chi connectivity index (χ3v) is 3.42. The highest BCUT2D eigenvalue weighted by Crippen LogP contribution is 2.24. The van der Waals surface area contributed by atoms with Crippen LogP contribution in [0.25, 0.3) is 27.8 Å². The summed E-state index contributed by atoms with van der Waals surface area (Å²) in [6.07, 6.45) is 1.83. The topological polar surface area (TPSA) is 35.6 Å². The van der Waals surface area contributed by atoms with Gasteiger partial charge in [-0.05, 0) is 24.3 Å². The predicted molar refractivity (Wildman–Crippen MR) is 75.3 cm³/mol. The van der Waals surface area contributed by atoms with Gasteiger partial charge in [0.05, 0.1) is 16.6 Å². The quantitative estimate of drug-likeness (QED) is 0.519. The molecule has 2 aromatic carbocycles. The summed E-state index contributed by atoms with van der Waals surface area (Å²) in [5.41, 5.74) is 3.18. The van der Waals surface area contributed by atoms with E-state index in [0.717, 1.165) is 27.8 Å². The Morgan fingerprint density at radius 2 is 1.63 bits per heavy atom. The van der Waals surface area contributed by atoms with E-state index >= 15 is 0 Å². The lowest BCUT2D eigenvalue weighted by Crippen LogP contribution is -1.95. The number of benzene rings is 2. The largest absolute Gasteiger partial charge is 0.281 e. The van der Waals surface area contributed by atoms with E-state index in [0.29, 0.717) is 0 Å². The van der Waals surface area contributed by atoms with Crippen molar-refractivity contribution in [3.63, 3.8) is 0 Å². The molecule has 0 aliphatic carbocycles. The number of hydrogen-bond acceptors (Lipinski definition) is 2. The van der Waals surface area contributed by atoms with Crippen LogP contribution in [0.5, 0.6) is 0 Å². The molecule has 0 unspecified atom stereocenters. The van der Waals surface area contributed by atoms with Gasteiger partial charge >= 0.3 is 0 Å². The number of nitrogens with zero attached hydrogens (tertiary/aromatic N) is 4. The second kappa shape index (κ2) is 3.68. The Balaban J connectivity index is 2.10. The standard InChI is InChI=1S/C15H12N4/c1-18-13-8-4-2-6-11(13)15(17-18)19-10-16-12-7-3-5-9-14(12)19/h2-10H,1H3. The third-order valence-electron chi connectivity index (χ3n) is 3.42. The number of para-hydroxylation sites is 3. The van der Waals surface area contributed by atoms with Gasteiger partial charge in [0.2, 0.25) is 0 Å². The fraction of sp³-hybridized carbons (Fsp3) is 0.0667. The van der Waals surface area contributed by atoms with Gasteiger partial charge in [-0.25, -0.2) is 4.98 Å². The Kier molecular flexibility index (Phi) is 2.00. The summed E-state index contributed by atoms with van der Waals surface area (Å²) in [6, 6.07) is 16.3. The van der Waals surface area contributed by atoms with Crippen LogP contribution in [0.15, 0.2) is 54.9 Å². The SMILES string of the molecule is Cn1nc(-n2cnc3ccccc32)c2ccccc21. The Morgan fingerprint density at radius 3 is 2.53 bits per heavy atom. The highest BCUT2D eigenvalue weighted by molar-refractivity contribution is 5.89. The Hall–Kier alpha value is -2.62. The van der Waals surface area contributed by atoms with E-state index in [-0.39, 0.29) is 0 Å². The zero-order valence-corrected chi connectivity index (χ0v) is 10.5. The maximum Gasteiger partial charge on any atom is 0.168 e. The molecule has 0 radical (unpaired) electrons. The van der Waals surface area contributed by atoms with Crippen molar-refractivity contribution in [2.24, 2.45) is 7.05 Å². The van der Waals surface area contributed by atoms with Gasteiger partial charge in [0.15, 0.2) is 5.82 Å². The van der Waals surface area contributed by atoms with Crippen LogP contribution in [0.1, 0.15) is 0 Å². The van der Waals surface area contributed by atoms with Crippen LogP contribution in [0, 0.1) is 0 Å². The van der Waals surface area contributed by atoms with Crippen molar-refractivity contribution < 1.29 is 0 Å². The van der Waals surface area contributed by atoms with E-state index in [9.17, 15) is 0 Å². The number of fused-ring (bicyclic) bond motifs is 2. The molecule has 0 amide bonds. The van der Waals surface area contributed by atoms with Gasteiger partial charge in [0, 0.05) is 12.4 Å². The highest BCUT2D eigenvalue weighted by Gasteiger charge is 2.12. The Morgan fingerprint density at radius 1 is 0.895 bits per heavy atom. The molecule has 0 fully saturated rings. The first-order chi connectivity index (χ1) is 9.34. The summed E-state index contributed by atoms with van der Waals surface area (Å²) >= 11 is 0. The summed E-state index contributed by atoms with van der Waals surface area (Å²) in [5, 5.41) is 5.75. The first-order valence-corrected chi connectivity index (χ1v) is 6.19. The number of imidazole rings is 1. The van der Waals surface area contributed by atoms with Crippen molar-refractivity contribution in [2.45, 2.75) is 0 Å². The predicted octanol–water partition coefficient (Wildman–Crippen LogP) is 2.91. The van der Waals surface area contributed by atoms with E-state index in [1.807, 2.05) is 53.0 Å². The molecule has 0 aliphatic rings. The lowest BCUT2D eigenvalue weighted by atomic mass is 10.2. The van der Waals surface area contributed by atoms with Gasteiger partial charge in [-0.15, -0.1) is 0 Å². The second-order valence-electron chi connectivity index (χ2n) is 4.57. The average molecular weight is 248 g/mol. The first kappa shape index (κ1) is 10.3. The van der Waals surface area contributed by atoms with Crippen LogP contribution in [0.3, 0.4) is 0 Å². The van der Waals surface area contributed by atoms with Crippen molar-refractivity contribution in [1.29, 1.82) is 0 Å². The van der Waals surface area contributed by atoms with E-state index in [2.05, 4.69) is 28.3 Å². The van der Waals surface area contributed by atoms with Gasteiger partial charge in [-0.2, -0.15) is 5.10 Å². The number of rotatable bonds is 1. The zero-order valence-electron chi connectivity index (χ0n) is 10.5. The summed E-state index contributed by atoms with van der Waals surface area (Å²) < 4.78 is 3.94. The van der Waals surface area contributed by atoms with E-state index < -0.39 is 0 Å². The van der Waals surface area contributed by atoms with Gasteiger partial charge in [0.1, 0.15) is 6.33 Å². The maximum atomic E-state index is 4.62. The molecule has 0 aliphatic heterocycles. The minimum absolute atomic E-state index is 0.923. The molecule has 0 bridgehead atoms.